The Kier molecular flexibility index (Phi) is 4.76. The molecule has 0 spiro atoms. The van der Waals surface area contributed by atoms with Crippen LogP contribution in [0.25, 0.3) is 0 Å². The molecule has 19 heavy (non-hydrogen) atoms. The SMILES string of the molecule is FC(F)(F)c1ccc(CNCCN2CCCC2)nc1. The molecule has 2 rings (SSSR count). The summed E-state index contributed by atoms with van der Waals surface area (Å²) in [6, 6.07) is 2.50. The number of nitrogens with one attached hydrogen (secondary N) is 1. The van der Waals surface area contributed by atoms with Crippen LogP contribution in [0.15, 0.2) is 18.3 Å². The molecule has 1 aromatic rings. The summed E-state index contributed by atoms with van der Waals surface area (Å²) in [4.78, 5) is 6.20. The van der Waals surface area contributed by atoms with Gasteiger partial charge in [-0.05, 0) is 38.1 Å². The summed E-state index contributed by atoms with van der Waals surface area (Å²) in [6.45, 7) is 4.63. The quantitative estimate of drug-likeness (QED) is 0.834. The molecule has 1 N–H and O–H groups in total. The molecule has 1 saturated heterocycles. The van der Waals surface area contributed by atoms with E-state index in [2.05, 4.69) is 15.2 Å². The predicted molar refractivity (Wildman–Crippen MR) is 66.6 cm³/mol. The summed E-state index contributed by atoms with van der Waals surface area (Å²) in [7, 11) is 0. The van der Waals surface area contributed by atoms with E-state index >= 15 is 0 Å². The Morgan fingerprint density at radius 2 is 1.95 bits per heavy atom. The summed E-state index contributed by atoms with van der Waals surface area (Å²) in [5.74, 6) is 0. The first-order valence-electron chi connectivity index (χ1n) is 6.51. The highest BCUT2D eigenvalue weighted by Crippen LogP contribution is 2.28. The van der Waals surface area contributed by atoms with Crippen molar-refractivity contribution >= 4 is 0 Å². The normalized spacial score (nSPS) is 17.0. The molecule has 106 valence electrons. The van der Waals surface area contributed by atoms with Gasteiger partial charge in [0, 0.05) is 25.8 Å². The second-order valence-corrected chi connectivity index (χ2v) is 4.76. The highest BCUT2D eigenvalue weighted by molar-refractivity contribution is 5.16. The average Bonchev–Trinajstić information content (AvgIpc) is 2.87. The largest absolute Gasteiger partial charge is 0.417 e. The summed E-state index contributed by atoms with van der Waals surface area (Å²) in [6.07, 6.45) is -0.896. The number of hydrogen-bond donors (Lipinski definition) is 1. The topological polar surface area (TPSA) is 28.2 Å². The predicted octanol–water partition coefficient (Wildman–Crippen LogP) is 2.29. The summed E-state index contributed by atoms with van der Waals surface area (Å²) in [5.41, 5.74) is -0.0669. The average molecular weight is 273 g/mol. The third kappa shape index (κ3) is 4.47. The van der Waals surface area contributed by atoms with Gasteiger partial charge in [-0.2, -0.15) is 13.2 Å². The Morgan fingerprint density at radius 1 is 1.21 bits per heavy atom. The van der Waals surface area contributed by atoms with Gasteiger partial charge in [0.25, 0.3) is 0 Å². The van der Waals surface area contributed by atoms with Gasteiger partial charge in [-0.3, -0.25) is 4.98 Å². The fourth-order valence-corrected chi connectivity index (χ4v) is 2.16. The number of alkyl halides is 3. The number of nitrogens with zero attached hydrogens (tertiary/aromatic N) is 2. The van der Waals surface area contributed by atoms with Crippen LogP contribution in [0.3, 0.4) is 0 Å². The van der Waals surface area contributed by atoms with E-state index < -0.39 is 11.7 Å². The monoisotopic (exact) mass is 273 g/mol. The molecule has 0 aromatic carbocycles. The molecule has 1 aliphatic rings. The van der Waals surface area contributed by atoms with E-state index in [1.165, 1.54) is 18.9 Å². The van der Waals surface area contributed by atoms with E-state index in [9.17, 15) is 13.2 Å². The van der Waals surface area contributed by atoms with Gasteiger partial charge in [0.1, 0.15) is 0 Å². The van der Waals surface area contributed by atoms with Gasteiger partial charge in [-0.25, -0.2) is 0 Å². The lowest BCUT2D eigenvalue weighted by Crippen LogP contribution is -2.29. The van der Waals surface area contributed by atoms with Crippen molar-refractivity contribution in [3.63, 3.8) is 0 Å². The third-order valence-electron chi connectivity index (χ3n) is 3.26. The zero-order chi connectivity index (χ0) is 13.7. The lowest BCUT2D eigenvalue weighted by molar-refractivity contribution is -0.137. The number of halogens is 3. The highest BCUT2D eigenvalue weighted by atomic mass is 19.4. The third-order valence-corrected chi connectivity index (χ3v) is 3.26. The molecule has 0 amide bonds. The molecule has 1 fully saturated rings. The van der Waals surface area contributed by atoms with Crippen LogP contribution < -0.4 is 5.32 Å². The van der Waals surface area contributed by atoms with E-state index in [1.807, 2.05) is 0 Å². The first kappa shape index (κ1) is 14.3. The first-order valence-corrected chi connectivity index (χ1v) is 6.51. The second-order valence-electron chi connectivity index (χ2n) is 4.76. The van der Waals surface area contributed by atoms with E-state index in [4.69, 9.17) is 0 Å². The van der Waals surface area contributed by atoms with Crippen LogP contribution in [0.4, 0.5) is 13.2 Å². The van der Waals surface area contributed by atoms with Crippen molar-refractivity contribution in [1.29, 1.82) is 0 Å². The molecule has 0 radical (unpaired) electrons. The van der Waals surface area contributed by atoms with E-state index in [0.717, 1.165) is 38.4 Å². The minimum atomic E-state index is -4.31. The highest BCUT2D eigenvalue weighted by Gasteiger charge is 2.30. The minimum Gasteiger partial charge on any atom is -0.310 e. The van der Waals surface area contributed by atoms with Crippen molar-refractivity contribution in [2.75, 3.05) is 26.2 Å². The Hall–Kier alpha value is -1.14. The number of rotatable bonds is 5. The number of aromatic nitrogens is 1. The fraction of sp³-hybridized carbons (Fsp3) is 0.615. The van der Waals surface area contributed by atoms with E-state index in [0.29, 0.717) is 12.2 Å². The van der Waals surface area contributed by atoms with E-state index in [1.54, 1.807) is 0 Å². The standard InChI is InChI=1S/C13H18F3N3/c14-13(15,16)11-3-4-12(18-9-11)10-17-5-8-19-6-1-2-7-19/h3-4,9,17H,1-2,5-8,10H2. The maximum absolute atomic E-state index is 12.3. The van der Waals surface area contributed by atoms with Gasteiger partial charge < -0.3 is 10.2 Å². The van der Waals surface area contributed by atoms with Gasteiger partial charge in [0.05, 0.1) is 11.3 Å². The maximum Gasteiger partial charge on any atom is 0.417 e. The van der Waals surface area contributed by atoms with Crippen LogP contribution in [-0.2, 0) is 12.7 Å². The molecular formula is C13H18F3N3. The maximum atomic E-state index is 12.3. The molecule has 0 bridgehead atoms. The van der Waals surface area contributed by atoms with Crippen LogP contribution >= 0.6 is 0 Å². The van der Waals surface area contributed by atoms with Gasteiger partial charge in [-0.15, -0.1) is 0 Å². The molecule has 0 unspecified atom stereocenters. The lowest BCUT2D eigenvalue weighted by Gasteiger charge is -2.14. The molecular weight excluding hydrogens is 255 g/mol. The Morgan fingerprint density at radius 3 is 2.53 bits per heavy atom. The van der Waals surface area contributed by atoms with E-state index in [-0.39, 0.29) is 0 Å². The molecule has 2 heterocycles. The zero-order valence-electron chi connectivity index (χ0n) is 10.7. The van der Waals surface area contributed by atoms with Crippen molar-refractivity contribution in [2.45, 2.75) is 25.6 Å². The molecule has 0 atom stereocenters. The summed E-state index contributed by atoms with van der Waals surface area (Å²) < 4.78 is 37.0. The molecule has 3 nitrogen and oxygen atoms in total. The Balaban J connectivity index is 1.71. The first-order chi connectivity index (χ1) is 9.05. The van der Waals surface area contributed by atoms with Gasteiger partial charge >= 0.3 is 6.18 Å². The summed E-state index contributed by atoms with van der Waals surface area (Å²) >= 11 is 0. The summed E-state index contributed by atoms with van der Waals surface area (Å²) in [5, 5.41) is 3.20. The smallest absolute Gasteiger partial charge is 0.310 e. The Labute approximate surface area is 110 Å². The second kappa shape index (κ2) is 6.34. The number of hydrogen-bond acceptors (Lipinski definition) is 3. The van der Waals surface area contributed by atoms with Gasteiger partial charge in [0.15, 0.2) is 0 Å². The number of pyridine rings is 1. The van der Waals surface area contributed by atoms with Crippen LogP contribution in [0, 0.1) is 0 Å². The molecule has 0 saturated carbocycles. The lowest BCUT2D eigenvalue weighted by atomic mass is 10.2. The molecule has 1 aromatic heterocycles. The molecule has 6 heteroatoms. The zero-order valence-corrected chi connectivity index (χ0v) is 10.7. The van der Waals surface area contributed by atoms with Crippen molar-refractivity contribution in [1.82, 2.24) is 15.2 Å². The van der Waals surface area contributed by atoms with Crippen molar-refractivity contribution < 1.29 is 13.2 Å². The van der Waals surface area contributed by atoms with Crippen LogP contribution in [0.2, 0.25) is 0 Å². The van der Waals surface area contributed by atoms with Gasteiger partial charge in [-0.1, -0.05) is 0 Å². The minimum absolute atomic E-state index is 0.506. The van der Waals surface area contributed by atoms with Crippen LogP contribution in [0.5, 0.6) is 0 Å². The molecule has 1 aliphatic heterocycles. The van der Waals surface area contributed by atoms with Crippen molar-refractivity contribution in [3.8, 4) is 0 Å². The molecule has 0 aliphatic carbocycles. The van der Waals surface area contributed by atoms with Crippen LogP contribution in [0.1, 0.15) is 24.1 Å². The fourth-order valence-electron chi connectivity index (χ4n) is 2.16. The van der Waals surface area contributed by atoms with Crippen LogP contribution in [-0.4, -0.2) is 36.1 Å². The van der Waals surface area contributed by atoms with Gasteiger partial charge in [0.2, 0.25) is 0 Å². The number of likely N-dealkylation sites (tertiary alicyclic amines) is 1. The van der Waals surface area contributed by atoms with Crippen molar-refractivity contribution in [3.05, 3.63) is 29.6 Å². The van der Waals surface area contributed by atoms with Crippen molar-refractivity contribution in [2.24, 2.45) is 0 Å². The Bertz CT molecular complexity index is 383.